The van der Waals surface area contributed by atoms with E-state index in [1.165, 1.54) is 5.56 Å². The molecule has 0 radical (unpaired) electrons. The van der Waals surface area contributed by atoms with Gasteiger partial charge in [0.15, 0.2) is 0 Å². The second-order valence-electron chi connectivity index (χ2n) is 6.47. The molecule has 0 atom stereocenters. The molecular weight excluding hydrogens is 490 g/mol. The monoisotopic (exact) mass is 507 g/mol. The lowest BCUT2D eigenvalue weighted by atomic mass is 10.1. The van der Waals surface area contributed by atoms with Crippen LogP contribution in [-0.2, 0) is 13.2 Å². The molecule has 0 saturated heterocycles. The number of ether oxygens (including phenoxy) is 1. The molecule has 0 fully saturated rings. The molecule has 0 aromatic heterocycles. The van der Waals surface area contributed by atoms with E-state index < -0.39 is 0 Å². The third-order valence-electron chi connectivity index (χ3n) is 4.24. The average molecular weight is 510 g/mol. The molecule has 0 aliphatic heterocycles. The summed E-state index contributed by atoms with van der Waals surface area (Å²) in [5, 5.41) is 4.18. The molecule has 0 bridgehead atoms. The Morgan fingerprint density at radius 1 is 0.963 bits per heavy atom. The zero-order chi connectivity index (χ0) is 19.4. The Kier molecular flexibility index (Phi) is 6.85. The number of rotatable bonds is 6. The van der Waals surface area contributed by atoms with Crippen molar-refractivity contribution in [2.24, 2.45) is 0 Å². The summed E-state index contributed by atoms with van der Waals surface area (Å²) in [5.74, 6) is 0.837. The summed E-state index contributed by atoms with van der Waals surface area (Å²) < 4.78 is 8.06. The van der Waals surface area contributed by atoms with Crippen LogP contribution in [0.3, 0.4) is 0 Å². The molecule has 0 aliphatic carbocycles. The van der Waals surface area contributed by atoms with Crippen molar-refractivity contribution in [3.05, 3.63) is 90.8 Å². The van der Waals surface area contributed by atoms with Crippen LogP contribution in [0.2, 0.25) is 5.02 Å². The van der Waals surface area contributed by atoms with Gasteiger partial charge in [0.05, 0.1) is 4.47 Å². The smallest absolute Gasteiger partial charge is 0.139 e. The van der Waals surface area contributed by atoms with E-state index in [1.54, 1.807) is 0 Å². The highest BCUT2D eigenvalue weighted by atomic mass is 79.9. The van der Waals surface area contributed by atoms with Crippen LogP contribution in [0.4, 0.5) is 5.69 Å². The molecular formula is C22H20Br2ClNO. The van der Waals surface area contributed by atoms with Crippen molar-refractivity contribution < 1.29 is 4.74 Å². The quantitative estimate of drug-likeness (QED) is 0.368. The minimum atomic E-state index is 0.518. The van der Waals surface area contributed by atoms with Gasteiger partial charge in [-0.2, -0.15) is 0 Å². The van der Waals surface area contributed by atoms with E-state index >= 15 is 0 Å². The van der Waals surface area contributed by atoms with Gasteiger partial charge in [-0.05, 0) is 65.2 Å². The van der Waals surface area contributed by atoms with Gasteiger partial charge in [0, 0.05) is 27.3 Å². The van der Waals surface area contributed by atoms with E-state index in [4.69, 9.17) is 16.3 Å². The largest absolute Gasteiger partial charge is 0.487 e. The third kappa shape index (κ3) is 5.50. The first-order valence-corrected chi connectivity index (χ1v) is 10.5. The van der Waals surface area contributed by atoms with Crippen LogP contribution in [0.25, 0.3) is 0 Å². The average Bonchev–Trinajstić information content (AvgIpc) is 2.63. The number of anilines is 1. The number of hydrogen-bond donors (Lipinski definition) is 1. The van der Waals surface area contributed by atoms with Crippen molar-refractivity contribution >= 4 is 49.1 Å². The molecule has 0 aliphatic rings. The molecule has 140 valence electrons. The lowest BCUT2D eigenvalue weighted by Gasteiger charge is -2.16. The van der Waals surface area contributed by atoms with Gasteiger partial charge in [0.1, 0.15) is 12.4 Å². The topological polar surface area (TPSA) is 21.3 Å². The molecule has 27 heavy (non-hydrogen) atoms. The van der Waals surface area contributed by atoms with Crippen molar-refractivity contribution in [1.82, 2.24) is 0 Å². The zero-order valence-electron chi connectivity index (χ0n) is 15.2. The molecule has 0 unspecified atom stereocenters. The Labute approximate surface area is 182 Å². The van der Waals surface area contributed by atoms with Gasteiger partial charge in [-0.25, -0.2) is 0 Å². The van der Waals surface area contributed by atoms with Gasteiger partial charge in [-0.15, -0.1) is 0 Å². The van der Waals surface area contributed by atoms with Crippen molar-refractivity contribution in [3.63, 3.8) is 0 Å². The Balaban J connectivity index is 1.77. The second kappa shape index (κ2) is 9.13. The number of benzene rings is 3. The van der Waals surface area contributed by atoms with Crippen LogP contribution in [0.15, 0.2) is 63.5 Å². The van der Waals surface area contributed by atoms with E-state index in [1.807, 2.05) is 31.2 Å². The highest BCUT2D eigenvalue weighted by molar-refractivity contribution is 9.11. The SMILES string of the molecule is Cc1ccc(COc2c(Br)cc(Br)cc2CNc2ccc(C)c(Cl)c2)cc1. The molecule has 3 rings (SSSR count). The first-order chi connectivity index (χ1) is 12.9. The van der Waals surface area contributed by atoms with Crippen LogP contribution in [-0.4, -0.2) is 0 Å². The Morgan fingerprint density at radius 2 is 1.70 bits per heavy atom. The van der Waals surface area contributed by atoms with Gasteiger partial charge in [-0.3, -0.25) is 0 Å². The molecule has 5 heteroatoms. The maximum absolute atomic E-state index is 6.23. The first kappa shape index (κ1) is 20.2. The molecule has 0 amide bonds. The van der Waals surface area contributed by atoms with Gasteiger partial charge >= 0.3 is 0 Å². The summed E-state index contributed by atoms with van der Waals surface area (Å²) in [6.45, 7) is 5.22. The molecule has 0 saturated carbocycles. The van der Waals surface area contributed by atoms with Crippen molar-refractivity contribution in [2.45, 2.75) is 27.0 Å². The Bertz CT molecular complexity index is 942. The van der Waals surface area contributed by atoms with Crippen LogP contribution in [0.1, 0.15) is 22.3 Å². The fraction of sp³-hybridized carbons (Fsp3) is 0.182. The summed E-state index contributed by atoms with van der Waals surface area (Å²) in [5.41, 5.74) is 5.48. The number of halogens is 3. The molecule has 3 aromatic rings. The van der Waals surface area contributed by atoms with Crippen LogP contribution < -0.4 is 10.1 Å². The summed E-state index contributed by atoms with van der Waals surface area (Å²) in [6.07, 6.45) is 0. The van der Waals surface area contributed by atoms with Crippen molar-refractivity contribution in [2.75, 3.05) is 5.32 Å². The normalized spacial score (nSPS) is 10.7. The fourth-order valence-corrected chi connectivity index (χ4v) is 4.26. The standard InChI is InChI=1S/C22H20Br2ClNO/c1-14-3-6-16(7-4-14)13-27-22-17(9-18(23)10-20(22)24)12-26-19-8-5-15(2)21(25)11-19/h3-11,26H,12-13H2,1-2H3. The first-order valence-electron chi connectivity index (χ1n) is 8.58. The summed E-state index contributed by atoms with van der Waals surface area (Å²) in [7, 11) is 0. The van der Waals surface area contributed by atoms with Crippen LogP contribution >= 0.6 is 43.5 Å². The van der Waals surface area contributed by atoms with Crippen molar-refractivity contribution in [1.29, 1.82) is 0 Å². The second-order valence-corrected chi connectivity index (χ2v) is 8.64. The fourth-order valence-electron chi connectivity index (χ4n) is 2.65. The van der Waals surface area contributed by atoms with Gasteiger partial charge in [0.2, 0.25) is 0 Å². The maximum atomic E-state index is 6.23. The highest BCUT2D eigenvalue weighted by Crippen LogP contribution is 2.34. The minimum Gasteiger partial charge on any atom is -0.487 e. The van der Waals surface area contributed by atoms with E-state index in [2.05, 4.69) is 74.4 Å². The summed E-state index contributed by atoms with van der Waals surface area (Å²) in [4.78, 5) is 0. The van der Waals surface area contributed by atoms with E-state index in [-0.39, 0.29) is 0 Å². The Morgan fingerprint density at radius 3 is 2.41 bits per heavy atom. The van der Waals surface area contributed by atoms with Gasteiger partial charge in [0.25, 0.3) is 0 Å². The lowest BCUT2D eigenvalue weighted by molar-refractivity contribution is 0.301. The number of nitrogens with one attached hydrogen (secondary N) is 1. The minimum absolute atomic E-state index is 0.518. The van der Waals surface area contributed by atoms with Gasteiger partial charge < -0.3 is 10.1 Å². The van der Waals surface area contributed by atoms with Gasteiger partial charge in [-0.1, -0.05) is 63.4 Å². The van der Waals surface area contributed by atoms with Crippen LogP contribution in [0.5, 0.6) is 5.75 Å². The van der Waals surface area contributed by atoms with Crippen LogP contribution in [0, 0.1) is 13.8 Å². The predicted octanol–water partition coefficient (Wildman–Crippen LogP) is 7.67. The number of hydrogen-bond acceptors (Lipinski definition) is 2. The number of aryl methyl sites for hydroxylation is 2. The van der Waals surface area contributed by atoms with Crippen molar-refractivity contribution in [3.8, 4) is 5.75 Å². The molecule has 0 spiro atoms. The molecule has 0 heterocycles. The predicted molar refractivity (Wildman–Crippen MR) is 121 cm³/mol. The van der Waals surface area contributed by atoms with E-state index in [0.29, 0.717) is 13.2 Å². The van der Waals surface area contributed by atoms with E-state index in [9.17, 15) is 0 Å². The lowest BCUT2D eigenvalue weighted by Crippen LogP contribution is -2.05. The third-order valence-corrected chi connectivity index (χ3v) is 5.70. The summed E-state index contributed by atoms with van der Waals surface area (Å²) in [6, 6.07) is 18.4. The molecule has 3 aromatic carbocycles. The zero-order valence-corrected chi connectivity index (χ0v) is 19.1. The summed E-state index contributed by atoms with van der Waals surface area (Å²) >= 11 is 13.4. The van der Waals surface area contributed by atoms with E-state index in [0.717, 1.165) is 42.1 Å². The molecule has 2 nitrogen and oxygen atoms in total. The maximum Gasteiger partial charge on any atom is 0.139 e. The highest BCUT2D eigenvalue weighted by Gasteiger charge is 2.11. The molecule has 1 N–H and O–H groups in total. The Hall–Kier alpha value is -1.49.